The predicted octanol–water partition coefficient (Wildman–Crippen LogP) is 2.02. The number of hydrogen-bond donors (Lipinski definition) is 1. The lowest BCUT2D eigenvalue weighted by atomic mass is 10.0. The van der Waals surface area contributed by atoms with E-state index in [0.29, 0.717) is 23.8 Å². The van der Waals surface area contributed by atoms with Gasteiger partial charge in [-0.2, -0.15) is 0 Å². The third kappa shape index (κ3) is 3.47. The van der Waals surface area contributed by atoms with Gasteiger partial charge in [-0.3, -0.25) is 4.79 Å². The number of ether oxygens (including phenoxy) is 4. The van der Waals surface area contributed by atoms with Crippen LogP contribution < -0.4 is 19.8 Å². The van der Waals surface area contributed by atoms with Crippen molar-refractivity contribution in [3.63, 3.8) is 0 Å². The van der Waals surface area contributed by atoms with E-state index in [1.165, 1.54) is 34.5 Å². The van der Waals surface area contributed by atoms with Gasteiger partial charge in [0, 0.05) is 12.5 Å². The quantitative estimate of drug-likeness (QED) is 0.596. The predicted molar refractivity (Wildman–Crippen MR) is 88.8 cm³/mol. The molecule has 0 amide bonds. The molecule has 0 unspecified atom stereocenters. The molecule has 1 aromatic heterocycles. The van der Waals surface area contributed by atoms with Crippen LogP contribution in [0.25, 0.3) is 11.0 Å². The van der Waals surface area contributed by atoms with Gasteiger partial charge in [0.15, 0.2) is 11.3 Å². The Labute approximate surface area is 143 Å². The normalized spacial score (nSPS) is 10.6. The number of hydrogen-bond acceptors (Lipinski definition) is 8. The van der Waals surface area contributed by atoms with Gasteiger partial charge in [0.25, 0.3) is 0 Å². The van der Waals surface area contributed by atoms with Crippen molar-refractivity contribution in [3.8, 4) is 23.0 Å². The number of phenolic OH excluding ortho intramolecular Hbond substituents is 1. The van der Waals surface area contributed by atoms with E-state index in [9.17, 15) is 14.7 Å². The summed E-state index contributed by atoms with van der Waals surface area (Å²) >= 11 is 0. The minimum Gasteiger partial charge on any atom is -0.502 e. The maximum atomic E-state index is 12.0. The van der Waals surface area contributed by atoms with Crippen LogP contribution in [0.3, 0.4) is 0 Å². The number of aryl methyl sites for hydroxylation is 1. The molecular formula is C17H20O8. The average molecular weight is 352 g/mol. The van der Waals surface area contributed by atoms with E-state index in [1.54, 1.807) is 0 Å². The Balaban J connectivity index is 2.68. The summed E-state index contributed by atoms with van der Waals surface area (Å²) in [5.41, 5.74) is 0.0755. The van der Waals surface area contributed by atoms with Crippen LogP contribution in [0.1, 0.15) is 18.4 Å². The molecule has 0 fully saturated rings. The van der Waals surface area contributed by atoms with Gasteiger partial charge in [-0.25, -0.2) is 4.79 Å². The van der Waals surface area contributed by atoms with Gasteiger partial charge in [-0.15, -0.1) is 0 Å². The van der Waals surface area contributed by atoms with Gasteiger partial charge in [0.05, 0.1) is 33.8 Å². The molecule has 25 heavy (non-hydrogen) atoms. The first-order valence-electron chi connectivity index (χ1n) is 7.52. The highest BCUT2D eigenvalue weighted by Crippen LogP contribution is 2.50. The molecule has 0 bridgehead atoms. The van der Waals surface area contributed by atoms with Crippen molar-refractivity contribution in [2.75, 3.05) is 28.4 Å². The maximum Gasteiger partial charge on any atom is 0.336 e. The zero-order chi connectivity index (χ0) is 18.6. The van der Waals surface area contributed by atoms with E-state index < -0.39 is 5.63 Å². The summed E-state index contributed by atoms with van der Waals surface area (Å²) < 4.78 is 25.6. The standard InChI is InChI=1S/C17H20O8/c1-21-10(18)7-5-6-9-8-11(19)25-15-12(9)14(22-2)13(20)16(23-3)17(15)24-4/h8,20H,5-7H2,1-4H3. The lowest BCUT2D eigenvalue weighted by molar-refractivity contribution is -0.140. The highest BCUT2D eigenvalue weighted by molar-refractivity contribution is 5.96. The maximum absolute atomic E-state index is 12.0. The topological polar surface area (TPSA) is 104 Å². The SMILES string of the molecule is COC(=O)CCCc1cc(=O)oc2c(OC)c(OC)c(O)c(OC)c12. The highest BCUT2D eigenvalue weighted by atomic mass is 16.5. The second-order valence-electron chi connectivity index (χ2n) is 5.17. The number of benzene rings is 1. The van der Waals surface area contributed by atoms with Gasteiger partial charge in [0.1, 0.15) is 0 Å². The van der Waals surface area contributed by atoms with E-state index in [4.69, 9.17) is 18.6 Å². The van der Waals surface area contributed by atoms with E-state index in [2.05, 4.69) is 4.74 Å². The monoisotopic (exact) mass is 352 g/mol. The minimum absolute atomic E-state index is 0.00158. The molecule has 8 nitrogen and oxygen atoms in total. The Morgan fingerprint density at radius 2 is 1.72 bits per heavy atom. The molecule has 136 valence electrons. The summed E-state index contributed by atoms with van der Waals surface area (Å²) in [6.45, 7) is 0. The first kappa shape index (κ1) is 18.4. The number of esters is 1. The number of rotatable bonds is 7. The van der Waals surface area contributed by atoms with E-state index >= 15 is 0 Å². The van der Waals surface area contributed by atoms with E-state index in [0.717, 1.165) is 0 Å². The molecule has 1 N–H and O–H groups in total. The van der Waals surface area contributed by atoms with Gasteiger partial charge < -0.3 is 28.5 Å². The molecule has 2 rings (SSSR count). The zero-order valence-electron chi connectivity index (χ0n) is 14.5. The van der Waals surface area contributed by atoms with Crippen LogP contribution in [0.5, 0.6) is 23.0 Å². The number of carbonyl (C=O) groups excluding carboxylic acids is 1. The van der Waals surface area contributed by atoms with E-state index in [1.807, 2.05) is 0 Å². The van der Waals surface area contributed by atoms with Crippen LogP contribution in [0, 0.1) is 0 Å². The molecule has 0 aliphatic heterocycles. The van der Waals surface area contributed by atoms with Crippen LogP contribution in [-0.2, 0) is 16.0 Å². The Morgan fingerprint density at radius 3 is 2.28 bits per heavy atom. The van der Waals surface area contributed by atoms with Crippen molar-refractivity contribution >= 4 is 16.9 Å². The summed E-state index contributed by atoms with van der Waals surface area (Å²) in [6, 6.07) is 1.30. The minimum atomic E-state index is -0.589. The summed E-state index contributed by atoms with van der Waals surface area (Å²) in [6.07, 6.45) is 1.02. The molecule has 0 spiro atoms. The van der Waals surface area contributed by atoms with Crippen LogP contribution in [0.15, 0.2) is 15.3 Å². The van der Waals surface area contributed by atoms with Crippen molar-refractivity contribution in [2.45, 2.75) is 19.3 Å². The van der Waals surface area contributed by atoms with Crippen molar-refractivity contribution in [1.29, 1.82) is 0 Å². The Hall–Kier alpha value is -2.90. The molecule has 8 heteroatoms. The largest absolute Gasteiger partial charge is 0.502 e. The van der Waals surface area contributed by atoms with Crippen LogP contribution in [0.4, 0.5) is 0 Å². The molecular weight excluding hydrogens is 332 g/mol. The second kappa shape index (κ2) is 7.78. The second-order valence-corrected chi connectivity index (χ2v) is 5.17. The molecule has 0 saturated carbocycles. The highest BCUT2D eigenvalue weighted by Gasteiger charge is 2.26. The van der Waals surface area contributed by atoms with Crippen LogP contribution in [0.2, 0.25) is 0 Å². The summed E-state index contributed by atoms with van der Waals surface area (Å²) in [7, 11) is 5.41. The number of methoxy groups -OCH3 is 4. The number of aromatic hydroxyl groups is 1. The van der Waals surface area contributed by atoms with Crippen molar-refractivity contribution < 1.29 is 33.3 Å². The van der Waals surface area contributed by atoms with Gasteiger partial charge in [0.2, 0.25) is 17.2 Å². The summed E-state index contributed by atoms with van der Waals surface area (Å²) in [4.78, 5) is 23.2. The fourth-order valence-corrected chi connectivity index (χ4v) is 2.68. The zero-order valence-corrected chi connectivity index (χ0v) is 14.5. The smallest absolute Gasteiger partial charge is 0.336 e. The van der Waals surface area contributed by atoms with Gasteiger partial charge >= 0.3 is 11.6 Å². The molecule has 0 aliphatic carbocycles. The van der Waals surface area contributed by atoms with Crippen molar-refractivity contribution in [3.05, 3.63) is 22.0 Å². The lowest BCUT2D eigenvalue weighted by Gasteiger charge is -2.17. The average Bonchev–Trinajstić information content (AvgIpc) is 2.60. The summed E-state index contributed by atoms with van der Waals surface area (Å²) in [5, 5.41) is 10.8. The molecule has 0 saturated heterocycles. The molecule has 0 aliphatic rings. The van der Waals surface area contributed by atoms with Gasteiger partial charge in [-0.1, -0.05) is 0 Å². The fourth-order valence-electron chi connectivity index (χ4n) is 2.68. The van der Waals surface area contributed by atoms with Crippen molar-refractivity contribution in [2.24, 2.45) is 0 Å². The Bertz CT molecular complexity index is 837. The van der Waals surface area contributed by atoms with Gasteiger partial charge in [-0.05, 0) is 18.4 Å². The molecule has 1 heterocycles. The number of carbonyl (C=O) groups is 1. The Kier molecular flexibility index (Phi) is 5.74. The molecule has 0 radical (unpaired) electrons. The summed E-state index contributed by atoms with van der Waals surface area (Å²) in [5.74, 6) is -0.423. The van der Waals surface area contributed by atoms with Crippen molar-refractivity contribution in [1.82, 2.24) is 0 Å². The van der Waals surface area contributed by atoms with Crippen LogP contribution in [-0.4, -0.2) is 39.5 Å². The lowest BCUT2D eigenvalue weighted by Crippen LogP contribution is -2.06. The third-order valence-electron chi connectivity index (χ3n) is 3.78. The van der Waals surface area contributed by atoms with E-state index in [-0.39, 0.29) is 41.0 Å². The first-order chi connectivity index (χ1) is 12.0. The third-order valence-corrected chi connectivity index (χ3v) is 3.78. The molecule has 1 aromatic carbocycles. The fraction of sp³-hybridized carbons (Fsp3) is 0.412. The first-order valence-corrected chi connectivity index (χ1v) is 7.52. The molecule has 2 aromatic rings. The van der Waals surface area contributed by atoms with Crippen LogP contribution >= 0.6 is 0 Å². The number of phenols is 1. The Morgan fingerprint density at radius 1 is 1.08 bits per heavy atom. The number of fused-ring (bicyclic) bond motifs is 1. The molecule has 0 atom stereocenters.